The minimum atomic E-state index is -0.148. The molecular weight excluding hydrogens is 220 g/mol. The third kappa shape index (κ3) is 3.85. The van der Waals surface area contributed by atoms with Gasteiger partial charge in [0.1, 0.15) is 5.76 Å². The molecule has 92 valence electrons. The van der Waals surface area contributed by atoms with Crippen molar-refractivity contribution in [1.82, 2.24) is 4.90 Å². The van der Waals surface area contributed by atoms with Crippen molar-refractivity contribution >= 4 is 5.91 Å². The summed E-state index contributed by atoms with van der Waals surface area (Å²) >= 11 is 0. The number of hydrogen-bond donors (Lipinski definition) is 0. The number of rotatable bonds is 6. The van der Waals surface area contributed by atoms with Gasteiger partial charge in [-0.1, -0.05) is 18.5 Å². The van der Waals surface area contributed by atoms with E-state index >= 15 is 0 Å². The predicted molar refractivity (Wildman–Crippen MR) is 63.4 cm³/mol. The Balaban J connectivity index is 2.62. The molecule has 17 heavy (non-hydrogen) atoms. The molecule has 6 heteroatoms. The van der Waals surface area contributed by atoms with Gasteiger partial charge >= 0.3 is 0 Å². The zero-order valence-corrected chi connectivity index (χ0v) is 10.1. The first kappa shape index (κ1) is 13.1. The maximum atomic E-state index is 11.9. The second-order valence-corrected chi connectivity index (χ2v) is 3.74. The van der Waals surface area contributed by atoms with E-state index in [1.807, 2.05) is 0 Å². The van der Waals surface area contributed by atoms with E-state index in [1.165, 1.54) is 0 Å². The van der Waals surface area contributed by atoms with Crippen molar-refractivity contribution in [3.8, 4) is 0 Å². The van der Waals surface area contributed by atoms with Gasteiger partial charge in [0.15, 0.2) is 5.76 Å². The van der Waals surface area contributed by atoms with Crippen molar-refractivity contribution in [1.29, 1.82) is 0 Å². The normalized spacial score (nSPS) is 9.76. The van der Waals surface area contributed by atoms with Gasteiger partial charge in [0.05, 0.1) is 6.54 Å². The molecule has 1 rings (SSSR count). The van der Waals surface area contributed by atoms with E-state index in [9.17, 15) is 4.79 Å². The van der Waals surface area contributed by atoms with Crippen LogP contribution in [0, 0.1) is 0 Å². The summed E-state index contributed by atoms with van der Waals surface area (Å²) in [6, 6.07) is 3.25. The van der Waals surface area contributed by atoms with Crippen LogP contribution in [0.3, 0.4) is 0 Å². The minimum absolute atomic E-state index is 0.127. The number of furan rings is 1. The molecule has 6 nitrogen and oxygen atoms in total. The fourth-order valence-electron chi connectivity index (χ4n) is 1.36. The Morgan fingerprint density at radius 2 is 2.35 bits per heavy atom. The lowest BCUT2D eigenvalue weighted by atomic mass is 10.3. The molecule has 1 amide bonds. The third-order valence-corrected chi connectivity index (χ3v) is 2.36. The van der Waals surface area contributed by atoms with Gasteiger partial charge in [-0.15, -0.1) is 0 Å². The van der Waals surface area contributed by atoms with Crippen LogP contribution in [0.1, 0.15) is 36.1 Å². The topological polar surface area (TPSA) is 82.2 Å². The molecule has 0 spiro atoms. The first-order valence-electron chi connectivity index (χ1n) is 5.54. The Hall–Kier alpha value is -1.94. The van der Waals surface area contributed by atoms with Gasteiger partial charge < -0.3 is 9.32 Å². The van der Waals surface area contributed by atoms with Crippen molar-refractivity contribution in [3.05, 3.63) is 34.1 Å². The number of carbonyl (C=O) groups excluding carboxylic acids is 1. The van der Waals surface area contributed by atoms with Crippen LogP contribution in [0.15, 0.2) is 21.7 Å². The van der Waals surface area contributed by atoms with Crippen LogP contribution in [0.2, 0.25) is 0 Å². The molecule has 0 fully saturated rings. The van der Waals surface area contributed by atoms with Crippen LogP contribution >= 0.6 is 0 Å². The van der Waals surface area contributed by atoms with Crippen molar-refractivity contribution in [2.24, 2.45) is 5.11 Å². The van der Waals surface area contributed by atoms with Crippen molar-refractivity contribution in [3.63, 3.8) is 0 Å². The third-order valence-electron chi connectivity index (χ3n) is 2.36. The van der Waals surface area contributed by atoms with E-state index in [4.69, 9.17) is 9.95 Å². The summed E-state index contributed by atoms with van der Waals surface area (Å²) in [5.74, 6) is 0.632. The highest BCUT2D eigenvalue weighted by molar-refractivity contribution is 5.91. The van der Waals surface area contributed by atoms with Gasteiger partial charge in [0.2, 0.25) is 0 Å². The molecule has 0 saturated heterocycles. The smallest absolute Gasteiger partial charge is 0.289 e. The lowest BCUT2D eigenvalue weighted by molar-refractivity contribution is 0.0760. The summed E-state index contributed by atoms with van der Waals surface area (Å²) < 4.78 is 5.29. The molecule has 0 aliphatic heterocycles. The highest BCUT2D eigenvalue weighted by Crippen LogP contribution is 2.11. The number of nitrogens with zero attached hydrogens (tertiary/aromatic N) is 4. The second kappa shape index (κ2) is 6.60. The van der Waals surface area contributed by atoms with E-state index in [-0.39, 0.29) is 18.2 Å². The molecule has 0 atom stereocenters. The summed E-state index contributed by atoms with van der Waals surface area (Å²) in [5.41, 5.74) is 8.17. The summed E-state index contributed by atoms with van der Waals surface area (Å²) in [6.45, 7) is 2.91. The quantitative estimate of drug-likeness (QED) is 0.432. The van der Waals surface area contributed by atoms with Crippen LogP contribution in [-0.4, -0.2) is 24.4 Å². The molecule has 0 N–H and O–H groups in total. The highest BCUT2D eigenvalue weighted by Gasteiger charge is 2.15. The fraction of sp³-hybridized carbons (Fsp3) is 0.545. The maximum absolute atomic E-state index is 11.9. The van der Waals surface area contributed by atoms with Gasteiger partial charge in [0.25, 0.3) is 5.91 Å². The number of azide groups is 1. The molecule has 0 saturated carbocycles. The van der Waals surface area contributed by atoms with E-state index < -0.39 is 0 Å². The van der Waals surface area contributed by atoms with Gasteiger partial charge in [0, 0.05) is 18.5 Å². The maximum Gasteiger partial charge on any atom is 0.289 e. The van der Waals surface area contributed by atoms with Crippen LogP contribution in [0.5, 0.6) is 0 Å². The molecular formula is C11H16N4O2. The number of unbranched alkanes of at least 4 members (excludes halogenated alkanes) is 1. The average molecular weight is 236 g/mol. The monoisotopic (exact) mass is 236 g/mol. The summed E-state index contributed by atoms with van der Waals surface area (Å²) in [4.78, 5) is 16.1. The second-order valence-electron chi connectivity index (χ2n) is 3.74. The predicted octanol–water partition coefficient (Wildman–Crippen LogP) is 2.96. The Kier molecular flexibility index (Phi) is 5.10. The Bertz CT molecular complexity index is 421. The largest absolute Gasteiger partial charge is 0.456 e. The zero-order valence-electron chi connectivity index (χ0n) is 10.1. The van der Waals surface area contributed by atoms with Crippen LogP contribution in [0.4, 0.5) is 0 Å². The number of carbonyl (C=O) groups is 1. The number of amides is 1. The Morgan fingerprint density at radius 1 is 1.59 bits per heavy atom. The molecule has 1 aromatic heterocycles. The van der Waals surface area contributed by atoms with E-state index in [0.29, 0.717) is 12.3 Å². The molecule has 0 aliphatic rings. The van der Waals surface area contributed by atoms with Crippen molar-refractivity contribution < 1.29 is 9.21 Å². The van der Waals surface area contributed by atoms with Crippen LogP contribution in [-0.2, 0) is 6.54 Å². The molecule has 0 aliphatic carbocycles. The van der Waals surface area contributed by atoms with E-state index in [0.717, 1.165) is 12.8 Å². The molecule has 1 heterocycles. The SMILES string of the molecule is CCCCN(C)C(=O)c1ccc(CN=[N+]=[N-])o1. The summed E-state index contributed by atoms with van der Waals surface area (Å²) in [6.07, 6.45) is 2.01. The van der Waals surface area contributed by atoms with Crippen molar-refractivity contribution in [2.75, 3.05) is 13.6 Å². The van der Waals surface area contributed by atoms with Crippen LogP contribution in [0.25, 0.3) is 10.4 Å². The summed E-state index contributed by atoms with van der Waals surface area (Å²) in [5, 5.41) is 3.37. The number of hydrogen-bond acceptors (Lipinski definition) is 3. The minimum Gasteiger partial charge on any atom is -0.456 e. The van der Waals surface area contributed by atoms with E-state index in [2.05, 4.69) is 16.9 Å². The zero-order chi connectivity index (χ0) is 12.7. The molecule has 0 aromatic carbocycles. The Morgan fingerprint density at radius 3 is 3.00 bits per heavy atom. The highest BCUT2D eigenvalue weighted by atomic mass is 16.4. The first-order valence-corrected chi connectivity index (χ1v) is 5.54. The van der Waals surface area contributed by atoms with Crippen LogP contribution < -0.4 is 0 Å². The lowest BCUT2D eigenvalue weighted by Gasteiger charge is -2.14. The summed E-state index contributed by atoms with van der Waals surface area (Å²) in [7, 11) is 1.74. The molecule has 0 radical (unpaired) electrons. The fourth-order valence-corrected chi connectivity index (χ4v) is 1.36. The van der Waals surface area contributed by atoms with Gasteiger partial charge in [-0.25, -0.2) is 0 Å². The first-order chi connectivity index (χ1) is 8.19. The Labute approximate surface area is 99.8 Å². The average Bonchev–Trinajstić information content (AvgIpc) is 2.81. The van der Waals surface area contributed by atoms with Gasteiger partial charge in [-0.05, 0) is 24.1 Å². The van der Waals surface area contributed by atoms with Crippen molar-refractivity contribution in [2.45, 2.75) is 26.3 Å². The lowest BCUT2D eigenvalue weighted by Crippen LogP contribution is -2.27. The molecule has 1 aromatic rings. The molecule has 0 bridgehead atoms. The van der Waals surface area contributed by atoms with E-state index in [1.54, 1.807) is 24.1 Å². The molecule has 0 unspecified atom stereocenters. The standard InChI is InChI=1S/C11H16N4O2/c1-3-4-7-15(2)11(16)10-6-5-9(17-10)8-13-14-12/h5-6H,3-4,7-8H2,1-2H3. The van der Waals surface area contributed by atoms with Gasteiger partial charge in [-0.3, -0.25) is 4.79 Å². The van der Waals surface area contributed by atoms with Gasteiger partial charge in [-0.2, -0.15) is 0 Å².